The maximum Gasteiger partial charge on any atom is 0.335 e. The van der Waals surface area contributed by atoms with Crippen molar-refractivity contribution in [1.29, 1.82) is 0 Å². The van der Waals surface area contributed by atoms with E-state index in [1.54, 1.807) is 12.1 Å². The fourth-order valence-electron chi connectivity index (χ4n) is 2.16. The lowest BCUT2D eigenvalue weighted by atomic mass is 9.86. The maximum absolute atomic E-state index is 10.9. The number of benzene rings is 1. The van der Waals surface area contributed by atoms with E-state index in [-0.39, 0.29) is 0 Å². The van der Waals surface area contributed by atoms with E-state index < -0.39 is 5.97 Å². The minimum atomic E-state index is -0.887. The smallest absolute Gasteiger partial charge is 0.335 e. The molecular formula is C14H18O3. The van der Waals surface area contributed by atoms with E-state index in [4.69, 9.17) is 9.84 Å². The first-order valence-corrected chi connectivity index (χ1v) is 6.05. The Labute approximate surface area is 101 Å². The van der Waals surface area contributed by atoms with Gasteiger partial charge in [-0.3, -0.25) is 0 Å². The number of hydrogen-bond donors (Lipinski definition) is 1. The van der Waals surface area contributed by atoms with Gasteiger partial charge < -0.3 is 9.84 Å². The fourth-order valence-corrected chi connectivity index (χ4v) is 2.16. The predicted molar refractivity (Wildman–Crippen MR) is 65.7 cm³/mol. The summed E-state index contributed by atoms with van der Waals surface area (Å²) in [7, 11) is 0. The normalized spacial score (nSPS) is 15.4. The summed E-state index contributed by atoms with van der Waals surface area (Å²) in [5.74, 6) is 0.650. The van der Waals surface area contributed by atoms with Gasteiger partial charge in [0.15, 0.2) is 0 Å². The topological polar surface area (TPSA) is 46.5 Å². The lowest BCUT2D eigenvalue weighted by molar-refractivity contribution is 0.0696. The van der Waals surface area contributed by atoms with Crippen molar-refractivity contribution in [3.8, 4) is 5.75 Å². The Hall–Kier alpha value is -1.51. The largest absolute Gasteiger partial charge is 0.493 e. The van der Waals surface area contributed by atoms with Gasteiger partial charge in [0.25, 0.3) is 0 Å². The lowest BCUT2D eigenvalue weighted by Gasteiger charge is -2.26. The first-order valence-electron chi connectivity index (χ1n) is 6.05. The van der Waals surface area contributed by atoms with Gasteiger partial charge in [0, 0.05) is 0 Å². The molecule has 17 heavy (non-hydrogen) atoms. The van der Waals surface area contributed by atoms with E-state index >= 15 is 0 Å². The molecule has 1 aromatic rings. The van der Waals surface area contributed by atoms with Crippen molar-refractivity contribution in [3.63, 3.8) is 0 Å². The zero-order chi connectivity index (χ0) is 12.4. The number of ether oxygens (including phenoxy) is 1. The molecule has 0 unspecified atom stereocenters. The Kier molecular flexibility index (Phi) is 3.36. The molecular weight excluding hydrogens is 216 g/mol. The predicted octanol–water partition coefficient (Wildman–Crippen LogP) is 3.18. The van der Waals surface area contributed by atoms with Crippen molar-refractivity contribution in [1.82, 2.24) is 0 Å². The molecule has 0 amide bonds. The summed E-state index contributed by atoms with van der Waals surface area (Å²) >= 11 is 0. The molecule has 0 heterocycles. The lowest BCUT2D eigenvalue weighted by Crippen LogP contribution is -2.20. The second-order valence-corrected chi connectivity index (χ2v) is 4.85. The van der Waals surface area contributed by atoms with Crippen molar-refractivity contribution in [3.05, 3.63) is 28.8 Å². The summed E-state index contributed by atoms with van der Waals surface area (Å²) in [5.41, 5.74) is 2.14. The summed E-state index contributed by atoms with van der Waals surface area (Å²) in [6.07, 6.45) is 3.82. The molecule has 0 aliphatic heterocycles. The second-order valence-electron chi connectivity index (χ2n) is 4.85. The molecule has 1 N–H and O–H groups in total. The third-order valence-corrected chi connectivity index (χ3v) is 3.40. The molecule has 0 atom stereocenters. The highest BCUT2D eigenvalue weighted by atomic mass is 16.5. The zero-order valence-electron chi connectivity index (χ0n) is 10.3. The summed E-state index contributed by atoms with van der Waals surface area (Å²) < 4.78 is 5.81. The van der Waals surface area contributed by atoms with Crippen LogP contribution in [0, 0.1) is 19.8 Å². The summed E-state index contributed by atoms with van der Waals surface area (Å²) in [4.78, 5) is 10.9. The molecule has 1 aromatic carbocycles. The van der Waals surface area contributed by atoms with Crippen LogP contribution in [0.25, 0.3) is 0 Å². The molecule has 0 spiro atoms. The van der Waals surface area contributed by atoms with Gasteiger partial charge in [-0.15, -0.1) is 0 Å². The third kappa shape index (κ3) is 2.60. The van der Waals surface area contributed by atoms with Gasteiger partial charge >= 0.3 is 5.97 Å². The minimum absolute atomic E-state index is 0.330. The number of carbonyl (C=O) groups is 1. The molecule has 92 valence electrons. The maximum atomic E-state index is 10.9. The first-order chi connectivity index (χ1) is 8.08. The van der Waals surface area contributed by atoms with E-state index in [1.165, 1.54) is 19.3 Å². The SMILES string of the molecule is Cc1cc(C(=O)O)cc(C)c1OCC1CCC1. The second kappa shape index (κ2) is 4.78. The van der Waals surface area contributed by atoms with Gasteiger partial charge in [0.1, 0.15) is 5.75 Å². The number of carboxylic acid groups (broad SMARTS) is 1. The number of rotatable bonds is 4. The molecule has 1 fully saturated rings. The average Bonchev–Trinajstić information content (AvgIpc) is 2.18. The van der Waals surface area contributed by atoms with Gasteiger partial charge in [-0.2, -0.15) is 0 Å². The van der Waals surface area contributed by atoms with Gasteiger partial charge in [0.05, 0.1) is 12.2 Å². The van der Waals surface area contributed by atoms with Gasteiger partial charge in [-0.05, 0) is 55.9 Å². The Balaban J connectivity index is 2.12. The van der Waals surface area contributed by atoms with E-state index in [1.807, 2.05) is 13.8 Å². The van der Waals surface area contributed by atoms with Gasteiger partial charge in [-0.25, -0.2) is 4.79 Å². The molecule has 1 aliphatic rings. The van der Waals surface area contributed by atoms with Crippen molar-refractivity contribution >= 4 is 5.97 Å². The van der Waals surface area contributed by atoms with Crippen LogP contribution in [0.15, 0.2) is 12.1 Å². The number of carboxylic acids is 1. The molecule has 0 bridgehead atoms. The van der Waals surface area contributed by atoms with Crippen LogP contribution in [-0.4, -0.2) is 17.7 Å². The number of aryl methyl sites for hydroxylation is 2. The molecule has 0 radical (unpaired) electrons. The van der Waals surface area contributed by atoms with Crippen LogP contribution in [0.5, 0.6) is 5.75 Å². The Bertz CT molecular complexity index is 410. The van der Waals surface area contributed by atoms with Crippen LogP contribution in [0.2, 0.25) is 0 Å². The summed E-state index contributed by atoms with van der Waals surface area (Å²) in [6.45, 7) is 4.55. The fraction of sp³-hybridized carbons (Fsp3) is 0.500. The Morgan fingerprint density at radius 1 is 1.35 bits per heavy atom. The van der Waals surface area contributed by atoms with Crippen molar-refractivity contribution < 1.29 is 14.6 Å². The average molecular weight is 234 g/mol. The van der Waals surface area contributed by atoms with E-state index in [9.17, 15) is 4.79 Å². The van der Waals surface area contributed by atoms with Crippen LogP contribution in [0.4, 0.5) is 0 Å². The summed E-state index contributed by atoms with van der Waals surface area (Å²) in [5, 5.41) is 8.95. The quantitative estimate of drug-likeness (QED) is 0.870. The molecule has 1 saturated carbocycles. The first kappa shape index (κ1) is 12.0. The van der Waals surface area contributed by atoms with Crippen molar-refractivity contribution in [2.75, 3.05) is 6.61 Å². The van der Waals surface area contributed by atoms with Crippen LogP contribution < -0.4 is 4.74 Å². The Morgan fingerprint density at radius 3 is 2.35 bits per heavy atom. The molecule has 3 nitrogen and oxygen atoms in total. The molecule has 1 aliphatic carbocycles. The standard InChI is InChI=1S/C14H18O3/c1-9-6-12(14(15)16)7-10(2)13(9)17-8-11-4-3-5-11/h6-7,11H,3-5,8H2,1-2H3,(H,15,16). The minimum Gasteiger partial charge on any atom is -0.493 e. The van der Waals surface area contributed by atoms with Crippen LogP contribution in [0.1, 0.15) is 40.7 Å². The van der Waals surface area contributed by atoms with Crippen LogP contribution in [-0.2, 0) is 0 Å². The molecule has 2 rings (SSSR count). The molecule has 3 heteroatoms. The Morgan fingerprint density at radius 2 is 1.94 bits per heavy atom. The van der Waals surface area contributed by atoms with Gasteiger partial charge in [0.2, 0.25) is 0 Å². The number of hydrogen-bond acceptors (Lipinski definition) is 2. The third-order valence-electron chi connectivity index (χ3n) is 3.40. The number of aromatic carboxylic acids is 1. The zero-order valence-corrected chi connectivity index (χ0v) is 10.3. The van der Waals surface area contributed by atoms with Crippen molar-refractivity contribution in [2.45, 2.75) is 33.1 Å². The summed E-state index contributed by atoms with van der Waals surface area (Å²) in [6, 6.07) is 3.34. The van der Waals surface area contributed by atoms with Crippen molar-refractivity contribution in [2.24, 2.45) is 5.92 Å². The monoisotopic (exact) mass is 234 g/mol. The highest BCUT2D eigenvalue weighted by Gasteiger charge is 2.19. The van der Waals surface area contributed by atoms with Crippen LogP contribution in [0.3, 0.4) is 0 Å². The highest BCUT2D eigenvalue weighted by molar-refractivity contribution is 5.88. The van der Waals surface area contributed by atoms with E-state index in [0.29, 0.717) is 11.5 Å². The van der Waals surface area contributed by atoms with Crippen LogP contribution >= 0.6 is 0 Å². The van der Waals surface area contributed by atoms with E-state index in [2.05, 4.69) is 0 Å². The molecule has 0 aromatic heterocycles. The van der Waals surface area contributed by atoms with Gasteiger partial charge in [-0.1, -0.05) is 6.42 Å². The highest BCUT2D eigenvalue weighted by Crippen LogP contribution is 2.30. The molecule has 0 saturated heterocycles. The van der Waals surface area contributed by atoms with E-state index in [0.717, 1.165) is 23.5 Å².